The van der Waals surface area contributed by atoms with Crippen molar-refractivity contribution in [3.05, 3.63) is 89.5 Å². The maximum absolute atomic E-state index is 15.2. The van der Waals surface area contributed by atoms with Crippen molar-refractivity contribution < 1.29 is 29.0 Å². The smallest absolute Gasteiger partial charge is 0.319 e. The molecule has 47 heavy (non-hydrogen) atoms. The number of fused-ring (bicyclic) bond motifs is 1. The van der Waals surface area contributed by atoms with Gasteiger partial charge in [-0.2, -0.15) is 0 Å². The number of carbonyl (C=O) groups is 4. The topological polar surface area (TPSA) is 151 Å². The highest BCUT2D eigenvalue weighted by Crippen LogP contribution is 2.43. The zero-order chi connectivity index (χ0) is 34.5. The van der Waals surface area contributed by atoms with Crippen LogP contribution in [0.3, 0.4) is 0 Å². The van der Waals surface area contributed by atoms with Crippen molar-refractivity contribution in [3.63, 3.8) is 0 Å². The summed E-state index contributed by atoms with van der Waals surface area (Å²) in [6.45, 7) is 8.81. The lowest BCUT2D eigenvalue weighted by Gasteiger charge is -2.50. The molecule has 0 saturated carbocycles. The zero-order valence-corrected chi connectivity index (χ0v) is 29.1. The molecule has 4 N–H and O–H groups in total. The first-order valence-electron chi connectivity index (χ1n) is 15.4. The molecule has 5 unspecified atom stereocenters. The Morgan fingerprint density at radius 2 is 1.79 bits per heavy atom. The summed E-state index contributed by atoms with van der Waals surface area (Å²) in [4.78, 5) is 62.2. The molecule has 0 bridgehead atoms. The lowest BCUT2D eigenvalue weighted by atomic mass is 9.78. The van der Waals surface area contributed by atoms with Crippen LogP contribution < -0.4 is 16.0 Å². The maximum atomic E-state index is 15.2. The number of carboxylic acid groups (broad SMARTS) is 1. The van der Waals surface area contributed by atoms with Crippen molar-refractivity contribution in [1.29, 1.82) is 0 Å². The highest BCUT2D eigenvalue weighted by atomic mass is 33.1. The fourth-order valence-corrected chi connectivity index (χ4v) is 7.88. The number of anilines is 1. The van der Waals surface area contributed by atoms with Crippen molar-refractivity contribution in [2.45, 2.75) is 63.7 Å². The van der Waals surface area contributed by atoms with Gasteiger partial charge in [0.15, 0.2) is 11.8 Å². The first-order chi connectivity index (χ1) is 22.3. The van der Waals surface area contributed by atoms with Gasteiger partial charge >= 0.3 is 11.9 Å². The number of nitrogens with zero attached hydrogens (tertiary/aromatic N) is 2. The van der Waals surface area contributed by atoms with E-state index in [2.05, 4.69) is 5.32 Å². The number of nitrogens with two attached hydrogens (primary N) is 1. The van der Waals surface area contributed by atoms with Crippen molar-refractivity contribution in [1.82, 2.24) is 5.32 Å². The minimum Gasteiger partial charge on any atom is -0.481 e. The monoisotopic (exact) mass is 678 g/mol. The van der Waals surface area contributed by atoms with Gasteiger partial charge in [0.2, 0.25) is 0 Å². The van der Waals surface area contributed by atoms with Crippen molar-refractivity contribution in [2.75, 3.05) is 17.7 Å². The molecule has 2 aliphatic rings. The van der Waals surface area contributed by atoms with Crippen LogP contribution in [-0.4, -0.2) is 69.9 Å². The van der Waals surface area contributed by atoms with E-state index >= 15 is 4.79 Å². The average Bonchev–Trinajstić information content (AvgIpc) is 3.14. The highest BCUT2D eigenvalue weighted by molar-refractivity contribution is 8.76. The molecule has 10 nitrogen and oxygen atoms in total. The van der Waals surface area contributed by atoms with Crippen LogP contribution in [0, 0.1) is 11.8 Å². The molecule has 0 radical (unpaired) electrons. The Morgan fingerprint density at radius 1 is 1.13 bits per heavy atom. The van der Waals surface area contributed by atoms with Crippen LogP contribution in [0.5, 0.6) is 0 Å². The van der Waals surface area contributed by atoms with Crippen LogP contribution in [0.2, 0.25) is 0 Å². The molecule has 1 aliphatic heterocycles. The molecule has 0 saturated heterocycles. The van der Waals surface area contributed by atoms with Gasteiger partial charge in [0.1, 0.15) is 17.2 Å². The number of Topliss-reactive ketones (excluding diaryl/α,β-unsaturated/α-hetero) is 1. The number of para-hydroxylation sites is 1. The molecule has 2 aromatic carbocycles. The molecule has 1 heterocycles. The fourth-order valence-electron chi connectivity index (χ4n) is 6.02. The quantitative estimate of drug-likeness (QED) is 0.121. The number of nitrogens with one attached hydrogen (secondary N) is 1. The summed E-state index contributed by atoms with van der Waals surface area (Å²) in [5.41, 5.74) is 6.85. The number of carbonyl (C=O) groups excluding carboxylic acids is 3. The van der Waals surface area contributed by atoms with Gasteiger partial charge in [-0.05, 0) is 46.4 Å². The Labute approximate surface area is 283 Å². The number of amides is 1. The number of benzene rings is 2. The number of aliphatic carboxylic acids is 1. The summed E-state index contributed by atoms with van der Waals surface area (Å²) in [7, 11) is 4.21. The standard InChI is InChI=1S/C35H42N4O6S2/c1-7-46-47-31(36)27(33(44)45-34(3,4)5)30(42)29-32(43)39(35(37-6)21(2)14-13-17-23(35)20-26(40)41)25-19-12-11-18-24(25)28(38-29)22-15-9-8-10-16-22/h8-19,23,27,29,31,37H,7,20,36H2,1-6H3,(H,40,41). The van der Waals surface area contributed by atoms with E-state index in [1.807, 2.05) is 62.4 Å². The SMILES string of the molecule is CCSSC(N)C(C(=O)OC(C)(C)C)C(=O)C1N=C(c2ccccc2)c2ccccc2N(C2(NC)C(C)=CC=CC2CC(=O)O)C1=O. The molecular formula is C35H42N4O6S2. The van der Waals surface area contributed by atoms with E-state index in [1.54, 1.807) is 52.1 Å². The zero-order valence-electron chi connectivity index (χ0n) is 27.4. The minimum absolute atomic E-state index is 0.310. The number of likely N-dealkylation sites (N-methyl/N-ethyl adjacent to an activating group) is 1. The number of ketones is 1. The Morgan fingerprint density at radius 3 is 2.40 bits per heavy atom. The number of ether oxygens (including phenoxy) is 1. The summed E-state index contributed by atoms with van der Waals surface area (Å²) in [5, 5.41) is 12.2. The van der Waals surface area contributed by atoms with Gasteiger partial charge in [0.25, 0.3) is 5.91 Å². The molecular weight excluding hydrogens is 637 g/mol. The number of rotatable bonds is 12. The molecule has 5 atom stereocenters. The third-order valence-corrected chi connectivity index (χ3v) is 10.6. The molecule has 0 aromatic heterocycles. The Bertz CT molecular complexity index is 1600. The number of hydrogen-bond acceptors (Lipinski definition) is 10. The predicted molar refractivity (Wildman–Crippen MR) is 188 cm³/mol. The largest absolute Gasteiger partial charge is 0.481 e. The van der Waals surface area contributed by atoms with Gasteiger partial charge in [-0.15, -0.1) is 0 Å². The number of esters is 1. The predicted octanol–water partition coefficient (Wildman–Crippen LogP) is 4.98. The lowest BCUT2D eigenvalue weighted by molar-refractivity contribution is -0.162. The number of aliphatic imine (C=N–C) groups is 1. The molecule has 0 spiro atoms. The minimum atomic E-state index is -1.72. The van der Waals surface area contributed by atoms with E-state index in [9.17, 15) is 19.5 Å². The van der Waals surface area contributed by atoms with Crippen molar-refractivity contribution in [2.24, 2.45) is 22.6 Å². The van der Waals surface area contributed by atoms with E-state index in [1.165, 1.54) is 26.5 Å². The van der Waals surface area contributed by atoms with Crippen LogP contribution >= 0.6 is 21.6 Å². The van der Waals surface area contributed by atoms with Gasteiger partial charge in [-0.25, -0.2) is 0 Å². The number of carboxylic acids is 1. The van der Waals surface area contributed by atoms with Gasteiger partial charge < -0.3 is 15.6 Å². The van der Waals surface area contributed by atoms with Crippen molar-refractivity contribution >= 4 is 56.6 Å². The van der Waals surface area contributed by atoms with E-state index in [0.29, 0.717) is 33.9 Å². The maximum Gasteiger partial charge on any atom is 0.319 e. The van der Waals surface area contributed by atoms with Crippen LogP contribution in [-0.2, 0) is 23.9 Å². The fraction of sp³-hybridized carbons (Fsp3) is 0.400. The van der Waals surface area contributed by atoms with Crippen LogP contribution in [0.15, 0.2) is 83.4 Å². The Kier molecular flexibility index (Phi) is 11.5. The van der Waals surface area contributed by atoms with Gasteiger partial charge in [0, 0.05) is 22.8 Å². The lowest BCUT2D eigenvalue weighted by Crippen LogP contribution is -2.68. The molecule has 2 aromatic rings. The summed E-state index contributed by atoms with van der Waals surface area (Å²) in [6.07, 6.45) is 5.01. The second-order valence-corrected chi connectivity index (χ2v) is 15.1. The van der Waals surface area contributed by atoms with Gasteiger partial charge in [-0.1, -0.05) is 95.3 Å². The van der Waals surface area contributed by atoms with Gasteiger partial charge in [0.05, 0.1) is 23.2 Å². The summed E-state index contributed by atoms with van der Waals surface area (Å²) >= 11 is 0. The highest BCUT2D eigenvalue weighted by Gasteiger charge is 2.53. The average molecular weight is 679 g/mol. The first kappa shape index (κ1) is 36.1. The Hall–Kier alpha value is -3.71. The summed E-state index contributed by atoms with van der Waals surface area (Å²) in [5.74, 6) is -5.03. The third-order valence-electron chi connectivity index (χ3n) is 7.98. The summed E-state index contributed by atoms with van der Waals surface area (Å²) < 4.78 is 5.68. The Balaban J connectivity index is 2.02. The molecule has 250 valence electrons. The molecule has 1 aliphatic carbocycles. The summed E-state index contributed by atoms with van der Waals surface area (Å²) in [6, 6.07) is 14.6. The van der Waals surface area contributed by atoms with Crippen molar-refractivity contribution in [3.8, 4) is 0 Å². The van der Waals surface area contributed by atoms with E-state index in [4.69, 9.17) is 15.5 Å². The second-order valence-electron chi connectivity index (χ2n) is 12.3. The van der Waals surface area contributed by atoms with E-state index in [0.717, 1.165) is 0 Å². The molecule has 4 rings (SSSR count). The number of allylic oxidation sites excluding steroid dienone is 2. The van der Waals surface area contributed by atoms with Crippen LogP contribution in [0.4, 0.5) is 5.69 Å². The number of benzodiazepines with no additional fused rings is 1. The van der Waals surface area contributed by atoms with Crippen LogP contribution in [0.25, 0.3) is 0 Å². The molecule has 1 amide bonds. The van der Waals surface area contributed by atoms with E-state index in [-0.39, 0.29) is 6.42 Å². The second kappa shape index (κ2) is 15.0. The third kappa shape index (κ3) is 7.56. The number of hydrogen-bond donors (Lipinski definition) is 3. The van der Waals surface area contributed by atoms with E-state index < -0.39 is 58.1 Å². The van der Waals surface area contributed by atoms with Crippen LogP contribution in [0.1, 0.15) is 52.2 Å². The first-order valence-corrected chi connectivity index (χ1v) is 17.8. The van der Waals surface area contributed by atoms with Gasteiger partial charge in [-0.3, -0.25) is 34.4 Å². The molecule has 0 fully saturated rings. The molecule has 12 heteroatoms. The normalized spacial score (nSPS) is 22.4.